The summed E-state index contributed by atoms with van der Waals surface area (Å²) in [5.41, 5.74) is 2.19. The third kappa shape index (κ3) is 4.84. The highest BCUT2D eigenvalue weighted by Crippen LogP contribution is 2.35. The Bertz CT molecular complexity index is 1150. The quantitative estimate of drug-likeness (QED) is 0.680. The van der Waals surface area contributed by atoms with Crippen LogP contribution in [0.15, 0.2) is 35.2 Å². The lowest BCUT2D eigenvalue weighted by Gasteiger charge is -2.27. The van der Waals surface area contributed by atoms with E-state index in [1.54, 1.807) is 38.1 Å². The number of ether oxygens (including phenoxy) is 1. The van der Waals surface area contributed by atoms with Gasteiger partial charge in [-0.15, -0.1) is 0 Å². The Morgan fingerprint density at radius 1 is 1.23 bits per heavy atom. The van der Waals surface area contributed by atoms with Crippen molar-refractivity contribution in [1.82, 2.24) is 4.31 Å². The summed E-state index contributed by atoms with van der Waals surface area (Å²) in [5.74, 6) is -0.492. The van der Waals surface area contributed by atoms with Crippen molar-refractivity contribution in [2.75, 3.05) is 24.2 Å². The average Bonchev–Trinajstić information content (AvgIpc) is 2.69. The molecule has 31 heavy (non-hydrogen) atoms. The van der Waals surface area contributed by atoms with Gasteiger partial charge in [0.1, 0.15) is 5.75 Å². The minimum atomic E-state index is -3.99. The largest absolute Gasteiger partial charge is 0.478 e. The molecule has 0 fully saturated rings. The number of anilines is 2. The Morgan fingerprint density at radius 2 is 1.94 bits per heavy atom. The average molecular weight is 466 g/mol. The van der Waals surface area contributed by atoms with Crippen LogP contribution >= 0.6 is 11.6 Å². The van der Waals surface area contributed by atoms with Gasteiger partial charge in [-0.25, -0.2) is 8.42 Å². The van der Waals surface area contributed by atoms with Crippen LogP contribution in [-0.2, 0) is 19.6 Å². The van der Waals surface area contributed by atoms with Crippen molar-refractivity contribution in [3.63, 3.8) is 0 Å². The lowest BCUT2D eigenvalue weighted by molar-refractivity contribution is -0.123. The molecule has 0 saturated heterocycles. The van der Waals surface area contributed by atoms with Crippen LogP contribution in [0.4, 0.5) is 11.4 Å². The number of hydrogen-bond acceptors (Lipinski definition) is 5. The fourth-order valence-electron chi connectivity index (χ4n) is 3.16. The van der Waals surface area contributed by atoms with Gasteiger partial charge < -0.3 is 15.4 Å². The van der Waals surface area contributed by atoms with Gasteiger partial charge in [-0.05, 0) is 49.6 Å². The van der Waals surface area contributed by atoms with Crippen LogP contribution in [0.2, 0.25) is 5.02 Å². The molecule has 0 aliphatic carbocycles. The first-order chi connectivity index (χ1) is 14.5. The monoisotopic (exact) mass is 465 g/mol. The van der Waals surface area contributed by atoms with Gasteiger partial charge in [-0.1, -0.05) is 24.6 Å². The van der Waals surface area contributed by atoms with Crippen molar-refractivity contribution < 1.29 is 22.7 Å². The number of benzene rings is 2. The summed E-state index contributed by atoms with van der Waals surface area (Å²) < 4.78 is 32.9. The van der Waals surface area contributed by atoms with E-state index in [1.807, 2.05) is 6.92 Å². The summed E-state index contributed by atoms with van der Waals surface area (Å²) >= 11 is 6.07. The van der Waals surface area contributed by atoms with Crippen molar-refractivity contribution in [3.05, 3.63) is 46.5 Å². The lowest BCUT2D eigenvalue weighted by atomic mass is 10.1. The van der Waals surface area contributed by atoms with Gasteiger partial charge >= 0.3 is 0 Å². The third-order valence-corrected chi connectivity index (χ3v) is 7.33. The van der Waals surface area contributed by atoms with Crippen LogP contribution in [0, 0.1) is 13.8 Å². The number of carbonyl (C=O) groups excluding carboxylic acids is 2. The molecule has 10 heteroatoms. The molecule has 166 valence electrons. The first-order valence-corrected chi connectivity index (χ1v) is 11.5. The normalized spacial score (nSPS) is 15.8. The molecule has 2 aromatic rings. The second kappa shape index (κ2) is 8.86. The van der Waals surface area contributed by atoms with Crippen LogP contribution in [0.25, 0.3) is 0 Å². The zero-order valence-electron chi connectivity index (χ0n) is 17.7. The first kappa shape index (κ1) is 23.1. The van der Waals surface area contributed by atoms with Gasteiger partial charge in [0, 0.05) is 23.8 Å². The molecule has 1 aliphatic rings. The van der Waals surface area contributed by atoms with E-state index in [0.717, 1.165) is 9.87 Å². The summed E-state index contributed by atoms with van der Waals surface area (Å²) in [5, 5.41) is 5.88. The second-order valence-corrected chi connectivity index (χ2v) is 9.81. The van der Waals surface area contributed by atoms with Crippen LogP contribution in [0.1, 0.15) is 24.5 Å². The SMILES string of the molecule is CC[C@@H]1Oc2cc(S(=O)(=O)N(C)CC(=O)Nc3ccc(C)c(Cl)c3)c(C)cc2NC1=O. The molecule has 0 bridgehead atoms. The van der Waals surface area contributed by atoms with Gasteiger partial charge in [-0.2, -0.15) is 4.31 Å². The van der Waals surface area contributed by atoms with Gasteiger partial charge in [0.2, 0.25) is 15.9 Å². The predicted molar refractivity (Wildman–Crippen MR) is 119 cm³/mol. The van der Waals surface area contributed by atoms with E-state index in [1.165, 1.54) is 13.1 Å². The number of amides is 2. The maximum atomic E-state index is 13.1. The minimum absolute atomic E-state index is 0.00549. The molecule has 0 aromatic heterocycles. The number of halogens is 1. The number of hydrogen-bond donors (Lipinski definition) is 2. The molecule has 0 saturated carbocycles. The molecule has 0 unspecified atom stereocenters. The fourth-order valence-corrected chi connectivity index (χ4v) is 4.68. The molecule has 2 N–H and O–H groups in total. The van der Waals surface area contributed by atoms with Crippen LogP contribution in [0.3, 0.4) is 0 Å². The predicted octanol–water partition coefficient (Wildman–Crippen LogP) is 3.33. The van der Waals surface area contributed by atoms with Crippen molar-refractivity contribution in [3.8, 4) is 5.75 Å². The van der Waals surface area contributed by atoms with E-state index in [9.17, 15) is 18.0 Å². The van der Waals surface area contributed by atoms with Crippen molar-refractivity contribution in [1.29, 1.82) is 0 Å². The highest BCUT2D eigenvalue weighted by Gasteiger charge is 2.31. The molecule has 1 aliphatic heterocycles. The number of aryl methyl sites for hydroxylation is 2. The smallest absolute Gasteiger partial charge is 0.265 e. The molecule has 3 rings (SSSR count). The Labute approximate surface area is 186 Å². The molecule has 2 aromatic carbocycles. The van der Waals surface area contributed by atoms with Gasteiger partial charge in [0.15, 0.2) is 6.10 Å². The molecular weight excluding hydrogens is 442 g/mol. The van der Waals surface area contributed by atoms with Gasteiger partial charge in [0.05, 0.1) is 17.1 Å². The maximum Gasteiger partial charge on any atom is 0.265 e. The molecule has 1 heterocycles. The summed E-state index contributed by atoms with van der Waals surface area (Å²) in [6, 6.07) is 7.99. The number of nitrogens with zero attached hydrogens (tertiary/aromatic N) is 1. The Balaban J connectivity index is 1.79. The van der Waals surface area contributed by atoms with Crippen molar-refractivity contribution in [2.45, 2.75) is 38.2 Å². The second-order valence-electron chi connectivity index (χ2n) is 7.39. The Morgan fingerprint density at radius 3 is 2.58 bits per heavy atom. The zero-order valence-corrected chi connectivity index (χ0v) is 19.2. The van der Waals surface area contributed by atoms with Crippen molar-refractivity contribution in [2.24, 2.45) is 0 Å². The van der Waals surface area contributed by atoms with Crippen LogP contribution in [-0.4, -0.2) is 44.2 Å². The standard InChI is InChI=1S/C21H24ClN3O5S/c1-5-17-21(27)24-16-8-13(3)19(10-18(16)30-17)31(28,29)25(4)11-20(26)23-14-7-6-12(2)15(22)9-14/h6-10,17H,5,11H2,1-4H3,(H,23,26)(H,24,27)/t17-/m0/s1. The Kier molecular flexibility index (Phi) is 6.59. The molecule has 2 amide bonds. The number of fused-ring (bicyclic) bond motifs is 1. The van der Waals surface area contributed by atoms with E-state index in [4.69, 9.17) is 16.3 Å². The van der Waals surface area contributed by atoms with Crippen LogP contribution in [0.5, 0.6) is 5.75 Å². The van der Waals surface area contributed by atoms with E-state index in [0.29, 0.717) is 28.4 Å². The zero-order chi connectivity index (χ0) is 22.9. The van der Waals surface area contributed by atoms with E-state index in [2.05, 4.69) is 10.6 Å². The van der Waals surface area contributed by atoms with E-state index < -0.39 is 22.0 Å². The maximum absolute atomic E-state index is 13.1. The number of nitrogens with one attached hydrogen (secondary N) is 2. The molecule has 0 radical (unpaired) electrons. The molecule has 1 atom stereocenters. The fraction of sp³-hybridized carbons (Fsp3) is 0.333. The van der Waals surface area contributed by atoms with E-state index >= 15 is 0 Å². The van der Waals surface area contributed by atoms with Gasteiger partial charge in [0.25, 0.3) is 5.91 Å². The molecule has 0 spiro atoms. The summed E-state index contributed by atoms with van der Waals surface area (Å²) in [6.07, 6.45) is -0.236. The molecule has 8 nitrogen and oxygen atoms in total. The molecular formula is C21H24ClN3O5S. The number of likely N-dealkylation sites (N-methyl/N-ethyl adjacent to an activating group) is 1. The highest BCUT2D eigenvalue weighted by molar-refractivity contribution is 7.89. The summed E-state index contributed by atoms with van der Waals surface area (Å²) in [4.78, 5) is 24.4. The number of carbonyl (C=O) groups is 2. The first-order valence-electron chi connectivity index (χ1n) is 9.67. The van der Waals surface area contributed by atoms with E-state index in [-0.39, 0.29) is 23.1 Å². The number of sulfonamides is 1. The summed E-state index contributed by atoms with van der Waals surface area (Å²) in [7, 11) is -2.66. The third-order valence-electron chi connectivity index (χ3n) is 4.98. The van der Waals surface area contributed by atoms with Gasteiger partial charge in [-0.3, -0.25) is 9.59 Å². The lowest BCUT2D eigenvalue weighted by Crippen LogP contribution is -2.37. The Hall–Kier alpha value is -2.62. The number of rotatable bonds is 6. The summed E-state index contributed by atoms with van der Waals surface area (Å²) in [6.45, 7) is 4.87. The highest BCUT2D eigenvalue weighted by atomic mass is 35.5. The van der Waals surface area contributed by atoms with Crippen LogP contribution < -0.4 is 15.4 Å². The minimum Gasteiger partial charge on any atom is -0.478 e. The topological polar surface area (TPSA) is 105 Å². The van der Waals surface area contributed by atoms with Crippen molar-refractivity contribution >= 4 is 44.8 Å².